The van der Waals surface area contributed by atoms with E-state index in [1.165, 1.54) is 14.0 Å². The van der Waals surface area contributed by atoms with Crippen LogP contribution in [0, 0.1) is 18.6 Å². The van der Waals surface area contributed by atoms with E-state index in [2.05, 4.69) is 9.72 Å². The van der Waals surface area contributed by atoms with Crippen LogP contribution in [-0.2, 0) is 4.74 Å². The molecule has 0 bridgehead atoms. The Hall–Kier alpha value is -2.28. The number of rotatable bonds is 2. The number of methoxy groups -OCH3 is 1. The number of thiazole rings is 1. The number of ether oxygens (including phenoxy) is 1. The molecule has 0 saturated heterocycles. The smallest absolute Gasteiger partial charge is 0.349 e. The van der Waals surface area contributed by atoms with Crippen LogP contribution in [0.1, 0.15) is 15.2 Å². The first kappa shape index (κ1) is 13.7. The van der Waals surface area contributed by atoms with Gasteiger partial charge in [0.1, 0.15) is 16.5 Å². The molecule has 2 heterocycles. The van der Waals surface area contributed by atoms with Crippen molar-refractivity contribution in [1.29, 1.82) is 0 Å². The average molecular weight is 308 g/mol. The maximum Gasteiger partial charge on any atom is 0.349 e. The minimum Gasteiger partial charge on any atom is -0.465 e. The summed E-state index contributed by atoms with van der Waals surface area (Å²) in [7, 11) is 1.29. The molecular weight excluding hydrogens is 298 g/mol. The number of carbonyl (C=O) groups is 1. The van der Waals surface area contributed by atoms with Gasteiger partial charge in [0.2, 0.25) is 0 Å². The molecule has 2 aromatic heterocycles. The van der Waals surface area contributed by atoms with E-state index >= 15 is 0 Å². The molecule has 0 spiro atoms. The second-order valence-electron chi connectivity index (χ2n) is 4.48. The van der Waals surface area contributed by atoms with Crippen LogP contribution >= 0.6 is 11.3 Å². The van der Waals surface area contributed by atoms with Crippen LogP contribution in [0.15, 0.2) is 24.5 Å². The Kier molecular flexibility index (Phi) is 3.21. The van der Waals surface area contributed by atoms with Crippen LogP contribution in [0.25, 0.3) is 16.2 Å². The predicted octanol–water partition coefficient (Wildman–Crippen LogP) is 3.44. The molecule has 0 amide bonds. The Morgan fingerprint density at radius 3 is 2.71 bits per heavy atom. The Labute approximate surface area is 122 Å². The van der Waals surface area contributed by atoms with Crippen molar-refractivity contribution in [3.05, 3.63) is 46.6 Å². The minimum atomic E-state index is -0.534. The molecule has 0 fully saturated rings. The van der Waals surface area contributed by atoms with E-state index < -0.39 is 17.6 Å². The van der Waals surface area contributed by atoms with Crippen LogP contribution in [0.3, 0.4) is 0 Å². The molecular formula is C14H10F2N2O2S. The molecule has 1 aromatic carbocycles. The van der Waals surface area contributed by atoms with Crippen LogP contribution in [0.2, 0.25) is 0 Å². The zero-order chi connectivity index (χ0) is 15.1. The number of imidazole rings is 1. The van der Waals surface area contributed by atoms with E-state index in [1.807, 2.05) is 0 Å². The van der Waals surface area contributed by atoms with Crippen molar-refractivity contribution in [2.24, 2.45) is 0 Å². The summed E-state index contributed by atoms with van der Waals surface area (Å²) in [5, 5.41) is 0. The van der Waals surface area contributed by atoms with Crippen molar-refractivity contribution in [2.75, 3.05) is 7.11 Å². The highest BCUT2D eigenvalue weighted by atomic mass is 32.1. The molecule has 0 unspecified atom stereocenters. The summed E-state index contributed by atoms with van der Waals surface area (Å²) in [6.07, 6.45) is 3.09. The van der Waals surface area contributed by atoms with Gasteiger partial charge in [0.05, 0.1) is 12.8 Å². The maximum atomic E-state index is 13.9. The van der Waals surface area contributed by atoms with Gasteiger partial charge in [-0.2, -0.15) is 0 Å². The number of benzene rings is 1. The summed E-state index contributed by atoms with van der Waals surface area (Å²) < 4.78 is 33.7. The Balaban J connectivity index is 2.08. The number of aromatic nitrogens is 2. The van der Waals surface area contributed by atoms with Crippen molar-refractivity contribution in [1.82, 2.24) is 9.38 Å². The standard InChI is InChI=1S/C14H10F2N2O2S/c1-7-3-10(16)8(4-9(7)15)11-5-18-6-12(13(19)20-2)21-14(18)17-11/h3-6H,1-2H3. The molecule has 0 N–H and O–H groups in total. The molecule has 0 aliphatic rings. The topological polar surface area (TPSA) is 43.6 Å². The number of fused-ring (bicyclic) bond motifs is 1. The molecule has 7 heteroatoms. The maximum absolute atomic E-state index is 13.9. The Morgan fingerprint density at radius 1 is 1.29 bits per heavy atom. The van der Waals surface area contributed by atoms with Gasteiger partial charge in [-0.25, -0.2) is 18.6 Å². The number of carbonyl (C=O) groups excluding carboxylic acids is 1. The van der Waals surface area contributed by atoms with E-state index in [9.17, 15) is 13.6 Å². The fourth-order valence-corrected chi connectivity index (χ4v) is 2.85. The summed E-state index contributed by atoms with van der Waals surface area (Å²) >= 11 is 1.12. The third kappa shape index (κ3) is 2.29. The molecule has 3 rings (SSSR count). The van der Waals surface area contributed by atoms with E-state index in [0.29, 0.717) is 15.5 Å². The average Bonchev–Trinajstić information content (AvgIpc) is 3.00. The molecule has 0 atom stereocenters. The third-order valence-electron chi connectivity index (χ3n) is 3.07. The zero-order valence-electron chi connectivity index (χ0n) is 11.2. The second kappa shape index (κ2) is 4.92. The SMILES string of the molecule is COC(=O)c1cn2cc(-c3cc(F)c(C)cc3F)nc2s1. The second-order valence-corrected chi connectivity index (χ2v) is 5.49. The fourth-order valence-electron chi connectivity index (χ4n) is 1.96. The molecule has 0 aliphatic heterocycles. The first-order valence-corrected chi connectivity index (χ1v) is 6.84. The summed E-state index contributed by atoms with van der Waals surface area (Å²) in [5.41, 5.74) is 0.646. The van der Waals surface area contributed by atoms with Gasteiger partial charge >= 0.3 is 5.97 Å². The lowest BCUT2D eigenvalue weighted by Gasteiger charge is -2.02. The third-order valence-corrected chi connectivity index (χ3v) is 4.04. The van der Waals surface area contributed by atoms with E-state index in [-0.39, 0.29) is 11.1 Å². The van der Waals surface area contributed by atoms with Crippen LogP contribution in [-0.4, -0.2) is 22.5 Å². The predicted molar refractivity (Wildman–Crippen MR) is 74.5 cm³/mol. The lowest BCUT2D eigenvalue weighted by Crippen LogP contribution is -1.97. The molecule has 4 nitrogen and oxygen atoms in total. The first-order chi connectivity index (χ1) is 9.99. The molecule has 0 saturated carbocycles. The molecule has 0 aliphatic carbocycles. The van der Waals surface area contributed by atoms with Gasteiger partial charge in [0.25, 0.3) is 0 Å². The lowest BCUT2D eigenvalue weighted by molar-refractivity contribution is 0.0606. The van der Waals surface area contributed by atoms with Crippen molar-refractivity contribution in [3.8, 4) is 11.3 Å². The van der Waals surface area contributed by atoms with Gasteiger partial charge in [0.15, 0.2) is 4.96 Å². The summed E-state index contributed by atoms with van der Waals surface area (Å²) in [4.78, 5) is 16.5. The number of aryl methyl sites for hydroxylation is 1. The lowest BCUT2D eigenvalue weighted by atomic mass is 10.1. The normalized spacial score (nSPS) is 11.0. The number of hydrogen-bond donors (Lipinski definition) is 0. The van der Waals surface area contributed by atoms with E-state index in [4.69, 9.17) is 0 Å². The van der Waals surface area contributed by atoms with Gasteiger partial charge < -0.3 is 4.74 Å². The van der Waals surface area contributed by atoms with Crippen molar-refractivity contribution in [3.63, 3.8) is 0 Å². The molecule has 3 aromatic rings. The minimum absolute atomic E-state index is 0.0913. The quantitative estimate of drug-likeness (QED) is 0.681. The molecule has 108 valence electrons. The van der Waals surface area contributed by atoms with Crippen molar-refractivity contribution >= 4 is 22.3 Å². The zero-order valence-corrected chi connectivity index (χ0v) is 12.0. The van der Waals surface area contributed by atoms with Gasteiger partial charge in [-0.15, -0.1) is 0 Å². The van der Waals surface area contributed by atoms with E-state index in [0.717, 1.165) is 23.5 Å². The highest BCUT2D eigenvalue weighted by Gasteiger charge is 2.16. The number of halogens is 2. The molecule has 21 heavy (non-hydrogen) atoms. The van der Waals surface area contributed by atoms with Crippen LogP contribution in [0.5, 0.6) is 0 Å². The number of nitrogens with zero attached hydrogens (tertiary/aromatic N) is 2. The van der Waals surface area contributed by atoms with E-state index in [1.54, 1.807) is 16.8 Å². The number of esters is 1. The Morgan fingerprint density at radius 2 is 2.05 bits per heavy atom. The molecule has 0 radical (unpaired) electrons. The Bertz CT molecular complexity index is 823. The van der Waals surface area contributed by atoms with Crippen LogP contribution < -0.4 is 0 Å². The first-order valence-electron chi connectivity index (χ1n) is 6.02. The van der Waals surface area contributed by atoms with Gasteiger partial charge in [-0.05, 0) is 24.6 Å². The highest BCUT2D eigenvalue weighted by molar-refractivity contribution is 7.18. The monoisotopic (exact) mass is 308 g/mol. The highest BCUT2D eigenvalue weighted by Crippen LogP contribution is 2.27. The number of hydrogen-bond acceptors (Lipinski definition) is 4. The van der Waals surface area contributed by atoms with Crippen molar-refractivity contribution in [2.45, 2.75) is 6.92 Å². The fraction of sp³-hybridized carbons (Fsp3) is 0.143. The largest absolute Gasteiger partial charge is 0.465 e. The van der Waals surface area contributed by atoms with Crippen molar-refractivity contribution < 1.29 is 18.3 Å². The van der Waals surface area contributed by atoms with Gasteiger partial charge in [-0.3, -0.25) is 4.40 Å². The van der Waals surface area contributed by atoms with Gasteiger partial charge in [0, 0.05) is 18.0 Å². The van der Waals surface area contributed by atoms with Gasteiger partial charge in [-0.1, -0.05) is 11.3 Å². The summed E-state index contributed by atoms with van der Waals surface area (Å²) in [6, 6.07) is 2.26. The van der Waals surface area contributed by atoms with Crippen LogP contribution in [0.4, 0.5) is 8.78 Å². The summed E-state index contributed by atoms with van der Waals surface area (Å²) in [6.45, 7) is 1.50. The summed E-state index contributed by atoms with van der Waals surface area (Å²) in [5.74, 6) is -1.48.